The lowest BCUT2D eigenvalue weighted by atomic mass is 9.92. The average Bonchev–Trinajstić information content (AvgIpc) is 3.28. The molecule has 1 aromatic heterocycles. The summed E-state index contributed by atoms with van der Waals surface area (Å²) in [6.07, 6.45) is 6.36. The van der Waals surface area contributed by atoms with Crippen molar-refractivity contribution in [2.75, 3.05) is 6.54 Å². The number of benzene rings is 2. The molecule has 3 aromatic rings. The van der Waals surface area contributed by atoms with E-state index in [1.807, 2.05) is 62.4 Å². The zero-order valence-corrected chi connectivity index (χ0v) is 23.6. The van der Waals surface area contributed by atoms with Gasteiger partial charge in [-0.2, -0.15) is 0 Å². The fourth-order valence-electron chi connectivity index (χ4n) is 5.51. The Morgan fingerprint density at radius 2 is 1.77 bits per heavy atom. The van der Waals surface area contributed by atoms with Crippen molar-refractivity contribution in [3.8, 4) is 0 Å². The van der Waals surface area contributed by atoms with Gasteiger partial charge in [-0.1, -0.05) is 75.2 Å². The maximum atomic E-state index is 14.1. The van der Waals surface area contributed by atoms with Crippen LogP contribution in [0.3, 0.4) is 0 Å². The topological polar surface area (TPSA) is 101 Å². The van der Waals surface area contributed by atoms with Gasteiger partial charge in [0.2, 0.25) is 5.91 Å². The number of aliphatic carboxylic acids is 1. The van der Waals surface area contributed by atoms with E-state index >= 15 is 0 Å². The molecule has 0 unspecified atom stereocenters. The van der Waals surface area contributed by atoms with Crippen LogP contribution >= 0.6 is 0 Å². The van der Waals surface area contributed by atoms with E-state index in [9.17, 15) is 19.5 Å². The summed E-state index contributed by atoms with van der Waals surface area (Å²) in [4.78, 5) is 45.8. The van der Waals surface area contributed by atoms with Gasteiger partial charge in [-0.05, 0) is 42.4 Å². The van der Waals surface area contributed by atoms with E-state index in [1.165, 1.54) is 5.06 Å². The maximum Gasteiger partial charge on any atom is 0.304 e. The largest absolute Gasteiger partial charge is 0.481 e. The summed E-state index contributed by atoms with van der Waals surface area (Å²) < 4.78 is 2.24. The van der Waals surface area contributed by atoms with E-state index in [1.54, 1.807) is 0 Å². The van der Waals surface area contributed by atoms with Crippen molar-refractivity contribution < 1.29 is 24.3 Å². The van der Waals surface area contributed by atoms with Gasteiger partial charge < -0.3 is 15.0 Å². The molecule has 0 saturated heterocycles. The van der Waals surface area contributed by atoms with Crippen molar-refractivity contribution in [1.82, 2.24) is 14.9 Å². The molecule has 1 aliphatic rings. The van der Waals surface area contributed by atoms with Gasteiger partial charge in [0.25, 0.3) is 5.91 Å². The van der Waals surface area contributed by atoms with E-state index < -0.39 is 23.8 Å². The molecule has 214 valence electrons. The van der Waals surface area contributed by atoms with Gasteiger partial charge in [0, 0.05) is 36.6 Å². The molecule has 40 heavy (non-hydrogen) atoms. The van der Waals surface area contributed by atoms with Crippen LogP contribution in [-0.4, -0.2) is 45.1 Å². The molecule has 4 rings (SSSR count). The Balaban J connectivity index is 1.75. The number of hydroxylamine groups is 2. The number of carboxylic acid groups (broad SMARTS) is 1. The number of hydrogen-bond acceptors (Lipinski definition) is 4. The van der Waals surface area contributed by atoms with Crippen LogP contribution in [-0.2, 0) is 38.8 Å². The van der Waals surface area contributed by atoms with Crippen molar-refractivity contribution in [3.63, 3.8) is 0 Å². The zero-order chi connectivity index (χ0) is 28.5. The number of carbonyl (C=O) groups is 3. The lowest BCUT2D eigenvalue weighted by Crippen LogP contribution is -2.52. The minimum Gasteiger partial charge on any atom is -0.481 e. The Hall–Kier alpha value is -3.65. The number of hydrogen-bond donors (Lipinski definition) is 2. The Morgan fingerprint density at radius 3 is 2.52 bits per heavy atom. The molecule has 2 heterocycles. The fourth-order valence-corrected chi connectivity index (χ4v) is 5.51. The number of fused-ring (bicyclic) bond motifs is 5. The predicted octanol–water partition coefficient (Wildman–Crippen LogP) is 5.34. The Labute approximate surface area is 236 Å². The van der Waals surface area contributed by atoms with Crippen molar-refractivity contribution in [2.45, 2.75) is 78.0 Å². The smallest absolute Gasteiger partial charge is 0.304 e. The van der Waals surface area contributed by atoms with Gasteiger partial charge in [0.15, 0.2) is 0 Å². The lowest BCUT2D eigenvalue weighted by molar-refractivity contribution is -0.211. The molecular formula is C32H41N3O5. The van der Waals surface area contributed by atoms with Gasteiger partial charge in [0.05, 0.1) is 12.3 Å². The number of aryl methyl sites for hydroxylation is 1. The minimum atomic E-state index is -1.05. The van der Waals surface area contributed by atoms with Gasteiger partial charge in [-0.3, -0.25) is 19.2 Å². The third-order valence-electron chi connectivity index (χ3n) is 7.45. The van der Waals surface area contributed by atoms with Gasteiger partial charge >= 0.3 is 5.97 Å². The maximum absolute atomic E-state index is 14.1. The summed E-state index contributed by atoms with van der Waals surface area (Å²) in [6, 6.07) is 16.6. The van der Waals surface area contributed by atoms with Crippen LogP contribution in [0.5, 0.6) is 0 Å². The third-order valence-corrected chi connectivity index (χ3v) is 7.45. The standard InChI is InChI=1S/C32H41N3O5/c1-23(2)18-25(20-30(36)37)32(39)35(40-22-24-12-6-5-7-13-24)29-19-26-21-34(28-15-9-8-14-27(26)28)17-11-4-3-10-16-33-31(29)38/h5-9,12-15,21,23,25,29H,3-4,10-11,16-20,22H2,1-2H3,(H,33,38)(H,36,37)/t25-,29+/m1/s1. The molecule has 0 aliphatic carbocycles. The van der Waals surface area contributed by atoms with Crippen molar-refractivity contribution in [3.05, 3.63) is 71.9 Å². The summed E-state index contributed by atoms with van der Waals surface area (Å²) >= 11 is 0. The van der Waals surface area contributed by atoms with E-state index in [0.29, 0.717) is 13.0 Å². The normalized spacial score (nSPS) is 17.4. The quantitative estimate of drug-likeness (QED) is 0.352. The number of nitrogens with one attached hydrogen (secondary N) is 1. The molecule has 0 fully saturated rings. The summed E-state index contributed by atoms with van der Waals surface area (Å²) in [7, 11) is 0. The highest BCUT2D eigenvalue weighted by molar-refractivity contribution is 5.91. The van der Waals surface area contributed by atoms with E-state index in [2.05, 4.69) is 22.1 Å². The number of amides is 2. The van der Waals surface area contributed by atoms with Crippen LogP contribution in [0.1, 0.15) is 63.5 Å². The molecule has 8 nitrogen and oxygen atoms in total. The van der Waals surface area contributed by atoms with Gasteiger partial charge in [0.1, 0.15) is 12.6 Å². The van der Waals surface area contributed by atoms with Gasteiger partial charge in [-0.25, -0.2) is 5.06 Å². The second kappa shape index (κ2) is 14.1. The number of rotatable bonds is 9. The average molecular weight is 548 g/mol. The highest BCUT2D eigenvalue weighted by Crippen LogP contribution is 2.27. The van der Waals surface area contributed by atoms with E-state index in [-0.39, 0.29) is 31.3 Å². The molecule has 1 aliphatic heterocycles. The first-order chi connectivity index (χ1) is 19.3. The second-order valence-corrected chi connectivity index (χ2v) is 11.1. The van der Waals surface area contributed by atoms with E-state index in [4.69, 9.17) is 4.84 Å². The molecule has 0 spiro atoms. The number of para-hydroxylation sites is 1. The minimum absolute atomic E-state index is 0.0829. The molecule has 8 heteroatoms. The number of nitrogens with zero attached hydrogens (tertiary/aromatic N) is 2. The first-order valence-corrected chi connectivity index (χ1v) is 14.4. The monoisotopic (exact) mass is 547 g/mol. The molecule has 2 N–H and O–H groups in total. The van der Waals surface area contributed by atoms with Crippen LogP contribution in [0.15, 0.2) is 60.8 Å². The second-order valence-electron chi connectivity index (χ2n) is 11.1. The summed E-state index contributed by atoms with van der Waals surface area (Å²) in [6.45, 7) is 5.39. The first kappa shape index (κ1) is 29.3. The highest BCUT2D eigenvalue weighted by atomic mass is 16.7. The van der Waals surface area contributed by atoms with Crippen molar-refractivity contribution in [2.24, 2.45) is 11.8 Å². The molecule has 0 radical (unpaired) electrons. The lowest BCUT2D eigenvalue weighted by Gasteiger charge is -2.33. The highest BCUT2D eigenvalue weighted by Gasteiger charge is 2.37. The number of carbonyl (C=O) groups excluding carboxylic acids is 2. The Bertz CT molecular complexity index is 1290. The van der Waals surface area contributed by atoms with Crippen LogP contribution in [0, 0.1) is 11.8 Å². The SMILES string of the molecule is CC(C)C[C@H](CC(=O)O)C(=O)N(OCc1ccccc1)[C@H]1Cc2cn(c3ccccc23)CCCCCCNC1=O. The summed E-state index contributed by atoms with van der Waals surface area (Å²) in [5, 5.41) is 14.9. The molecule has 2 bridgehead atoms. The first-order valence-electron chi connectivity index (χ1n) is 14.4. The Kier molecular flexibility index (Phi) is 10.4. The number of aromatic nitrogens is 1. The third kappa shape index (κ3) is 7.72. The van der Waals surface area contributed by atoms with Crippen LogP contribution < -0.4 is 5.32 Å². The number of carboxylic acids is 1. The van der Waals surface area contributed by atoms with Crippen LogP contribution in [0.4, 0.5) is 0 Å². The zero-order valence-electron chi connectivity index (χ0n) is 23.6. The summed E-state index contributed by atoms with van der Waals surface area (Å²) in [5.41, 5.74) is 2.90. The molecular weight excluding hydrogens is 506 g/mol. The Morgan fingerprint density at radius 1 is 1.05 bits per heavy atom. The molecule has 2 amide bonds. The van der Waals surface area contributed by atoms with E-state index in [0.717, 1.165) is 54.3 Å². The van der Waals surface area contributed by atoms with Crippen molar-refractivity contribution in [1.29, 1.82) is 0 Å². The molecule has 2 atom stereocenters. The van der Waals surface area contributed by atoms with Gasteiger partial charge in [-0.15, -0.1) is 0 Å². The van der Waals surface area contributed by atoms with Crippen LogP contribution in [0.25, 0.3) is 10.9 Å². The molecule has 2 aromatic carbocycles. The van der Waals surface area contributed by atoms with Crippen LogP contribution in [0.2, 0.25) is 0 Å². The predicted molar refractivity (Wildman–Crippen MR) is 154 cm³/mol. The summed E-state index contributed by atoms with van der Waals surface area (Å²) in [5.74, 6) is -2.54. The van der Waals surface area contributed by atoms with Crippen molar-refractivity contribution >= 4 is 28.7 Å². The molecule has 0 saturated carbocycles. The fraction of sp³-hybridized carbons (Fsp3) is 0.469.